The molecule has 4 N–H and O–H groups in total. The predicted octanol–water partition coefficient (Wildman–Crippen LogP) is 4.76. The lowest BCUT2D eigenvalue weighted by atomic mass is 10.1. The fourth-order valence-electron chi connectivity index (χ4n) is 2.60. The number of nitrogens with zero attached hydrogens (tertiary/aromatic N) is 3. The van der Waals surface area contributed by atoms with Crippen molar-refractivity contribution in [3.05, 3.63) is 70.6 Å². The van der Waals surface area contributed by atoms with Crippen molar-refractivity contribution in [1.29, 1.82) is 5.26 Å². The summed E-state index contributed by atoms with van der Waals surface area (Å²) in [5.74, 6) is 5.33. The first kappa shape index (κ1) is 20.7. The molecule has 0 saturated carbocycles. The number of pyridine rings is 1. The van der Waals surface area contributed by atoms with Gasteiger partial charge in [-0.2, -0.15) is 23.5 Å². The van der Waals surface area contributed by atoms with Crippen LogP contribution in [-0.2, 0) is 6.18 Å². The maximum absolute atomic E-state index is 13.7. The summed E-state index contributed by atoms with van der Waals surface area (Å²) in [5, 5.41) is 13.9. The number of hydrogen-bond donors (Lipinski definition) is 2. The molecule has 3 aromatic rings. The smallest absolute Gasteiger partial charge is 0.384 e. The van der Waals surface area contributed by atoms with E-state index in [9.17, 15) is 18.4 Å². The maximum atomic E-state index is 13.7. The third-order valence-electron chi connectivity index (χ3n) is 3.93. The summed E-state index contributed by atoms with van der Waals surface area (Å²) in [6.45, 7) is 0. The van der Waals surface area contributed by atoms with Crippen LogP contribution in [0.2, 0.25) is 0 Å². The Bertz CT molecular complexity index is 1060. The van der Waals surface area contributed by atoms with Crippen LogP contribution in [0.25, 0.3) is 10.6 Å². The van der Waals surface area contributed by atoms with E-state index in [1.807, 2.05) is 0 Å². The summed E-state index contributed by atoms with van der Waals surface area (Å²) in [6, 6.07) is 14.7. The summed E-state index contributed by atoms with van der Waals surface area (Å²) in [4.78, 5) is 4.90. The molecule has 0 amide bonds. The highest BCUT2D eigenvalue weighted by Crippen LogP contribution is 2.42. The van der Waals surface area contributed by atoms with Crippen LogP contribution in [0.1, 0.15) is 21.9 Å². The molecule has 0 bridgehead atoms. The van der Waals surface area contributed by atoms with Gasteiger partial charge >= 0.3 is 6.18 Å². The van der Waals surface area contributed by atoms with E-state index in [1.165, 1.54) is 11.3 Å². The van der Waals surface area contributed by atoms with Crippen LogP contribution in [0.4, 0.5) is 13.2 Å². The molecule has 0 spiro atoms. The van der Waals surface area contributed by atoms with Gasteiger partial charge in [-0.3, -0.25) is 0 Å². The molecule has 0 aliphatic rings. The van der Waals surface area contributed by atoms with Crippen LogP contribution >= 0.6 is 23.1 Å². The number of hydrazone groups is 1. The molecule has 0 radical (unpaired) electrons. The van der Waals surface area contributed by atoms with E-state index >= 15 is 0 Å². The normalized spacial score (nSPS) is 13.1. The Balaban J connectivity index is 2.19. The van der Waals surface area contributed by atoms with E-state index in [4.69, 9.17) is 11.6 Å². The topological polar surface area (TPSA) is 101 Å². The number of halogens is 3. The SMILES string of the molecule is N#Cc1c(C(F)(F)F)cc(-c2cccs2)nc1SC(/C(N)=N/N)c1ccccc1. The lowest BCUT2D eigenvalue weighted by Gasteiger charge is -2.18. The molecule has 0 aliphatic carbocycles. The highest BCUT2D eigenvalue weighted by molar-refractivity contribution is 8.00. The van der Waals surface area contributed by atoms with Crippen molar-refractivity contribution in [2.45, 2.75) is 16.5 Å². The van der Waals surface area contributed by atoms with Crippen LogP contribution in [-0.4, -0.2) is 10.8 Å². The molecule has 0 saturated heterocycles. The van der Waals surface area contributed by atoms with Gasteiger partial charge in [0.1, 0.15) is 16.9 Å². The number of hydrogen-bond acceptors (Lipinski definition) is 6. The molecule has 1 aromatic carbocycles. The Hall–Kier alpha value is -3.03. The van der Waals surface area contributed by atoms with Crippen molar-refractivity contribution >= 4 is 28.9 Å². The molecule has 10 heteroatoms. The Kier molecular flexibility index (Phi) is 6.10. The van der Waals surface area contributed by atoms with Crippen molar-refractivity contribution in [3.8, 4) is 16.6 Å². The lowest BCUT2D eigenvalue weighted by molar-refractivity contribution is -0.138. The van der Waals surface area contributed by atoms with Crippen LogP contribution in [0, 0.1) is 11.3 Å². The predicted molar refractivity (Wildman–Crippen MR) is 108 cm³/mol. The summed E-state index contributed by atoms with van der Waals surface area (Å²) in [6.07, 6.45) is -4.72. The number of thioether (sulfide) groups is 1. The van der Waals surface area contributed by atoms with E-state index in [0.717, 1.165) is 17.8 Å². The highest BCUT2D eigenvalue weighted by atomic mass is 32.2. The zero-order chi connectivity index (χ0) is 21.0. The third kappa shape index (κ3) is 4.52. The largest absolute Gasteiger partial charge is 0.417 e. The Morgan fingerprint density at radius 3 is 2.48 bits per heavy atom. The molecule has 2 heterocycles. The second-order valence-electron chi connectivity index (χ2n) is 5.78. The number of aromatic nitrogens is 1. The minimum absolute atomic E-state index is 0.00183. The molecule has 5 nitrogen and oxygen atoms in total. The molecule has 0 aliphatic heterocycles. The van der Waals surface area contributed by atoms with E-state index < -0.39 is 22.6 Å². The Morgan fingerprint density at radius 1 is 1.21 bits per heavy atom. The molecular weight excluding hydrogens is 419 g/mol. The second-order valence-corrected chi connectivity index (χ2v) is 7.83. The molecule has 1 unspecified atom stereocenters. The Morgan fingerprint density at radius 2 is 1.93 bits per heavy atom. The van der Waals surface area contributed by atoms with Gasteiger partial charge in [-0.1, -0.05) is 48.2 Å². The highest BCUT2D eigenvalue weighted by Gasteiger charge is 2.37. The summed E-state index contributed by atoms with van der Waals surface area (Å²) >= 11 is 2.16. The van der Waals surface area contributed by atoms with Crippen LogP contribution in [0.5, 0.6) is 0 Å². The minimum Gasteiger partial charge on any atom is -0.384 e. The van der Waals surface area contributed by atoms with Gasteiger partial charge in [0.15, 0.2) is 0 Å². The fraction of sp³-hybridized carbons (Fsp3) is 0.105. The average Bonchev–Trinajstić information content (AvgIpc) is 3.25. The van der Waals surface area contributed by atoms with Crippen LogP contribution in [0.15, 0.2) is 64.0 Å². The molecular formula is C19H14F3N5S2. The maximum Gasteiger partial charge on any atom is 0.417 e. The van der Waals surface area contributed by atoms with Gasteiger partial charge in [0.2, 0.25) is 0 Å². The zero-order valence-corrected chi connectivity index (χ0v) is 16.4. The fourth-order valence-corrected chi connectivity index (χ4v) is 4.40. The van der Waals surface area contributed by atoms with E-state index in [1.54, 1.807) is 53.9 Å². The van der Waals surface area contributed by atoms with Gasteiger partial charge in [0.25, 0.3) is 0 Å². The first-order valence-corrected chi connectivity index (χ1v) is 9.92. The number of benzene rings is 1. The van der Waals surface area contributed by atoms with E-state index in [-0.39, 0.29) is 16.6 Å². The van der Waals surface area contributed by atoms with Crippen molar-refractivity contribution in [2.24, 2.45) is 16.7 Å². The summed E-state index contributed by atoms with van der Waals surface area (Å²) < 4.78 is 41.0. The number of amidine groups is 1. The third-order valence-corrected chi connectivity index (χ3v) is 6.09. The van der Waals surface area contributed by atoms with Crippen LogP contribution < -0.4 is 11.6 Å². The molecule has 3 rings (SSSR count). The van der Waals surface area contributed by atoms with Crippen molar-refractivity contribution in [3.63, 3.8) is 0 Å². The van der Waals surface area contributed by atoms with Gasteiger partial charge in [0.05, 0.1) is 26.9 Å². The van der Waals surface area contributed by atoms with Crippen LogP contribution in [0.3, 0.4) is 0 Å². The number of thiophene rings is 1. The monoisotopic (exact) mass is 433 g/mol. The number of rotatable bonds is 5. The first-order chi connectivity index (χ1) is 13.8. The molecule has 0 fully saturated rings. The van der Waals surface area contributed by atoms with E-state index in [2.05, 4.69) is 10.1 Å². The molecule has 148 valence electrons. The van der Waals surface area contributed by atoms with Crippen molar-refractivity contribution in [1.82, 2.24) is 4.98 Å². The number of alkyl halides is 3. The van der Waals surface area contributed by atoms with E-state index in [0.29, 0.717) is 10.4 Å². The Labute approximate surface area is 172 Å². The number of nitriles is 1. The van der Waals surface area contributed by atoms with Gasteiger partial charge < -0.3 is 11.6 Å². The standard InChI is InChI=1S/C19H14F3N5S2/c20-19(21,22)13-9-14(15-7-4-8-28-15)26-18(12(13)10-23)29-16(17(24)27-25)11-5-2-1-3-6-11/h1-9,16H,25H2,(H2,24,27). The molecule has 2 aromatic heterocycles. The molecule has 1 atom stereocenters. The molecule has 29 heavy (non-hydrogen) atoms. The number of nitrogens with two attached hydrogens (primary N) is 2. The van der Waals surface area contributed by atoms with Crippen molar-refractivity contribution < 1.29 is 13.2 Å². The van der Waals surface area contributed by atoms with Gasteiger partial charge in [0, 0.05) is 0 Å². The summed E-state index contributed by atoms with van der Waals surface area (Å²) in [7, 11) is 0. The average molecular weight is 433 g/mol. The summed E-state index contributed by atoms with van der Waals surface area (Å²) in [5.41, 5.74) is 5.11. The lowest BCUT2D eigenvalue weighted by Crippen LogP contribution is -2.22. The zero-order valence-electron chi connectivity index (χ0n) is 14.7. The van der Waals surface area contributed by atoms with Gasteiger partial charge in [-0.25, -0.2) is 4.98 Å². The minimum atomic E-state index is -4.72. The first-order valence-electron chi connectivity index (χ1n) is 8.16. The second kappa shape index (κ2) is 8.55. The van der Waals surface area contributed by atoms with Crippen molar-refractivity contribution in [2.75, 3.05) is 0 Å². The van der Waals surface area contributed by atoms with Gasteiger partial charge in [-0.15, -0.1) is 11.3 Å². The van der Waals surface area contributed by atoms with Gasteiger partial charge in [-0.05, 0) is 23.1 Å². The quantitative estimate of drug-likeness (QED) is 0.199.